The molecule has 0 aliphatic rings. The molecule has 2 aromatic rings. The fourth-order valence-corrected chi connectivity index (χ4v) is 2.00. The van der Waals surface area contributed by atoms with Gasteiger partial charge in [0.2, 0.25) is 0 Å². The number of nitrogens with zero attached hydrogens (tertiary/aromatic N) is 2. The van der Waals surface area contributed by atoms with Crippen LogP contribution in [0.15, 0.2) is 35.1 Å². The Kier molecular flexibility index (Phi) is 3.66. The Balaban J connectivity index is 2.43. The smallest absolute Gasteiger partial charge is 0.271 e. The maximum absolute atomic E-state index is 12.1. The minimum absolute atomic E-state index is 0.172. The first kappa shape index (κ1) is 13.3. The van der Waals surface area contributed by atoms with Crippen molar-refractivity contribution in [3.8, 4) is 5.75 Å². The van der Waals surface area contributed by atoms with Gasteiger partial charge in [-0.15, -0.1) is 0 Å². The van der Waals surface area contributed by atoms with Crippen LogP contribution in [0, 0.1) is 6.92 Å². The van der Waals surface area contributed by atoms with Crippen LogP contribution in [0.25, 0.3) is 0 Å². The Labute approximate surface area is 111 Å². The molecule has 0 amide bonds. The van der Waals surface area contributed by atoms with Crippen LogP contribution in [0.3, 0.4) is 0 Å². The normalized spacial score (nSPS) is 12.2. The number of ether oxygens (including phenoxy) is 1. The molecule has 1 aromatic heterocycles. The molecule has 2 rings (SSSR count). The summed E-state index contributed by atoms with van der Waals surface area (Å²) in [6.45, 7) is 1.84. The molecule has 0 bridgehead atoms. The summed E-state index contributed by atoms with van der Waals surface area (Å²) in [6, 6.07) is 8.64. The number of hydrogen-bond donors (Lipinski definition) is 1. The maximum Gasteiger partial charge on any atom is 0.271 e. The number of hydrogen-bond acceptors (Lipinski definition) is 4. The summed E-state index contributed by atoms with van der Waals surface area (Å²) < 4.78 is 6.41. The molecular formula is C14H17N3O2. The number of aryl methyl sites for hydroxylation is 2. The van der Waals surface area contributed by atoms with Crippen molar-refractivity contribution >= 4 is 0 Å². The topological polar surface area (TPSA) is 70.1 Å². The van der Waals surface area contributed by atoms with Crippen LogP contribution in [-0.4, -0.2) is 16.9 Å². The van der Waals surface area contributed by atoms with Crippen molar-refractivity contribution in [2.24, 2.45) is 12.8 Å². The zero-order valence-electron chi connectivity index (χ0n) is 11.3. The second kappa shape index (κ2) is 5.24. The number of benzene rings is 1. The van der Waals surface area contributed by atoms with Crippen molar-refractivity contribution in [1.29, 1.82) is 0 Å². The monoisotopic (exact) mass is 259 g/mol. The van der Waals surface area contributed by atoms with Crippen molar-refractivity contribution in [3.05, 3.63) is 57.5 Å². The first-order chi connectivity index (χ1) is 9.02. The lowest BCUT2D eigenvalue weighted by molar-refractivity contribution is 0.414. The van der Waals surface area contributed by atoms with E-state index in [9.17, 15) is 4.79 Å². The van der Waals surface area contributed by atoms with Gasteiger partial charge in [-0.25, -0.2) is 4.68 Å². The Bertz CT molecular complexity index is 632. The van der Waals surface area contributed by atoms with E-state index in [1.54, 1.807) is 20.2 Å². The molecule has 1 aromatic carbocycles. The molecule has 0 spiro atoms. The maximum atomic E-state index is 12.1. The largest absolute Gasteiger partial charge is 0.497 e. The van der Waals surface area contributed by atoms with Gasteiger partial charge in [-0.1, -0.05) is 12.1 Å². The Hall–Kier alpha value is -2.14. The molecule has 0 radical (unpaired) electrons. The highest BCUT2D eigenvalue weighted by Crippen LogP contribution is 2.20. The standard InChI is InChI=1S/C14H17N3O2/c1-9-8-12(14(18)17(2)16-9)13(15)10-4-6-11(19-3)7-5-10/h4-8,13H,15H2,1-3H3. The molecule has 1 atom stereocenters. The first-order valence-electron chi connectivity index (χ1n) is 5.97. The van der Waals surface area contributed by atoms with Gasteiger partial charge in [0.05, 0.1) is 18.8 Å². The third-order valence-electron chi connectivity index (χ3n) is 3.02. The predicted molar refractivity (Wildman–Crippen MR) is 73.2 cm³/mol. The van der Waals surface area contributed by atoms with Crippen molar-refractivity contribution in [2.75, 3.05) is 7.11 Å². The highest BCUT2D eigenvalue weighted by molar-refractivity contribution is 5.34. The van der Waals surface area contributed by atoms with Crippen LogP contribution >= 0.6 is 0 Å². The van der Waals surface area contributed by atoms with Gasteiger partial charge in [0.1, 0.15) is 5.75 Å². The summed E-state index contributed by atoms with van der Waals surface area (Å²) in [5.74, 6) is 0.759. The van der Waals surface area contributed by atoms with Crippen molar-refractivity contribution in [3.63, 3.8) is 0 Å². The fourth-order valence-electron chi connectivity index (χ4n) is 2.00. The summed E-state index contributed by atoms with van der Waals surface area (Å²) in [5.41, 5.74) is 8.16. The van der Waals surface area contributed by atoms with Gasteiger partial charge in [0.15, 0.2) is 0 Å². The van der Waals surface area contributed by atoms with Crippen molar-refractivity contribution in [2.45, 2.75) is 13.0 Å². The average Bonchev–Trinajstić information content (AvgIpc) is 2.42. The molecule has 5 nitrogen and oxygen atoms in total. The van der Waals surface area contributed by atoms with Crippen LogP contribution in [0.1, 0.15) is 22.9 Å². The van der Waals surface area contributed by atoms with E-state index in [1.165, 1.54) is 4.68 Å². The summed E-state index contributed by atoms with van der Waals surface area (Å²) >= 11 is 0. The van der Waals surface area contributed by atoms with Gasteiger partial charge >= 0.3 is 0 Å². The third kappa shape index (κ3) is 2.66. The summed E-state index contributed by atoms with van der Waals surface area (Å²) in [5, 5.41) is 4.07. The SMILES string of the molecule is COc1ccc(C(N)c2cc(C)nn(C)c2=O)cc1. The van der Waals surface area contributed by atoms with E-state index >= 15 is 0 Å². The zero-order valence-corrected chi connectivity index (χ0v) is 11.3. The van der Waals surface area contributed by atoms with E-state index in [-0.39, 0.29) is 5.56 Å². The quantitative estimate of drug-likeness (QED) is 0.897. The fraction of sp³-hybridized carbons (Fsp3) is 0.286. The minimum atomic E-state index is -0.466. The number of methoxy groups -OCH3 is 1. The van der Waals surface area contributed by atoms with Gasteiger partial charge in [-0.05, 0) is 30.7 Å². The van der Waals surface area contributed by atoms with Gasteiger partial charge in [-0.2, -0.15) is 5.10 Å². The van der Waals surface area contributed by atoms with Crippen LogP contribution in [-0.2, 0) is 7.05 Å². The molecule has 1 unspecified atom stereocenters. The summed E-state index contributed by atoms with van der Waals surface area (Å²) in [6.07, 6.45) is 0. The molecule has 0 fully saturated rings. The van der Waals surface area contributed by atoms with E-state index in [0.29, 0.717) is 5.56 Å². The molecule has 5 heteroatoms. The molecular weight excluding hydrogens is 242 g/mol. The minimum Gasteiger partial charge on any atom is -0.497 e. The van der Waals surface area contributed by atoms with Gasteiger partial charge in [0.25, 0.3) is 5.56 Å². The molecule has 0 aliphatic carbocycles. The van der Waals surface area contributed by atoms with Crippen LogP contribution in [0.4, 0.5) is 0 Å². The van der Waals surface area contributed by atoms with E-state index in [1.807, 2.05) is 31.2 Å². The lowest BCUT2D eigenvalue weighted by Crippen LogP contribution is -2.29. The van der Waals surface area contributed by atoms with Gasteiger partial charge in [0, 0.05) is 12.6 Å². The van der Waals surface area contributed by atoms with Gasteiger partial charge in [-0.3, -0.25) is 4.79 Å². The molecule has 100 valence electrons. The highest BCUT2D eigenvalue weighted by Gasteiger charge is 2.14. The molecule has 19 heavy (non-hydrogen) atoms. The molecule has 0 saturated heterocycles. The second-order valence-electron chi connectivity index (χ2n) is 4.42. The van der Waals surface area contributed by atoms with Crippen LogP contribution in [0.2, 0.25) is 0 Å². The number of nitrogens with two attached hydrogens (primary N) is 1. The molecule has 0 saturated carbocycles. The first-order valence-corrected chi connectivity index (χ1v) is 5.97. The second-order valence-corrected chi connectivity index (χ2v) is 4.42. The number of aromatic nitrogens is 2. The van der Waals surface area contributed by atoms with Crippen molar-refractivity contribution < 1.29 is 4.74 Å². The summed E-state index contributed by atoms with van der Waals surface area (Å²) in [7, 11) is 3.23. The van der Waals surface area contributed by atoms with Crippen molar-refractivity contribution in [1.82, 2.24) is 9.78 Å². The van der Waals surface area contributed by atoms with E-state index in [2.05, 4.69) is 5.10 Å². The van der Waals surface area contributed by atoms with Gasteiger partial charge < -0.3 is 10.5 Å². The van der Waals surface area contributed by atoms with E-state index < -0.39 is 6.04 Å². The highest BCUT2D eigenvalue weighted by atomic mass is 16.5. The van der Waals surface area contributed by atoms with E-state index in [4.69, 9.17) is 10.5 Å². The van der Waals surface area contributed by atoms with Crippen LogP contribution in [0.5, 0.6) is 5.75 Å². The lowest BCUT2D eigenvalue weighted by atomic mass is 10.0. The Morgan fingerprint density at radius 1 is 1.32 bits per heavy atom. The predicted octanol–water partition coefficient (Wildman–Crippen LogP) is 1.15. The molecule has 1 heterocycles. The average molecular weight is 259 g/mol. The Morgan fingerprint density at radius 3 is 2.53 bits per heavy atom. The lowest BCUT2D eigenvalue weighted by Gasteiger charge is -2.13. The number of rotatable bonds is 3. The van der Waals surface area contributed by atoms with E-state index in [0.717, 1.165) is 17.0 Å². The summed E-state index contributed by atoms with van der Waals surface area (Å²) in [4.78, 5) is 12.1. The third-order valence-corrected chi connectivity index (χ3v) is 3.02. The Morgan fingerprint density at radius 2 is 1.95 bits per heavy atom. The molecule has 0 aliphatic heterocycles. The zero-order chi connectivity index (χ0) is 14.0. The molecule has 2 N–H and O–H groups in total. The van der Waals surface area contributed by atoms with Crippen LogP contribution < -0.4 is 16.0 Å².